The van der Waals surface area contributed by atoms with Crippen molar-refractivity contribution in [2.75, 3.05) is 6.54 Å². The minimum atomic E-state index is -0.0235. The Hall–Kier alpha value is -1.36. The highest BCUT2D eigenvalue weighted by Gasteiger charge is 2.20. The second-order valence-corrected chi connectivity index (χ2v) is 5.73. The predicted octanol–water partition coefficient (Wildman–Crippen LogP) is 4.63. The van der Waals surface area contributed by atoms with Gasteiger partial charge in [0, 0.05) is 10.8 Å². The lowest BCUT2D eigenvalue weighted by Crippen LogP contribution is -2.23. The topological polar surface area (TPSA) is 38.1 Å². The van der Waals surface area contributed by atoms with Gasteiger partial charge in [0.2, 0.25) is 0 Å². The zero-order chi connectivity index (χ0) is 13.9. The third-order valence-corrected chi connectivity index (χ3v) is 4.05. The third-order valence-electron chi connectivity index (χ3n) is 3.15. The Morgan fingerprint density at radius 1 is 1.45 bits per heavy atom. The summed E-state index contributed by atoms with van der Waals surface area (Å²) >= 11 is 7.76. The average Bonchev–Trinajstić information content (AvgIpc) is 3.09. The molecule has 104 valence electrons. The van der Waals surface area contributed by atoms with Crippen LogP contribution in [0.25, 0.3) is 11.0 Å². The van der Waals surface area contributed by atoms with E-state index in [1.165, 1.54) is 0 Å². The number of nitrogens with one attached hydrogen (secondary N) is 1. The van der Waals surface area contributed by atoms with Gasteiger partial charge >= 0.3 is 0 Å². The highest BCUT2D eigenvalue weighted by atomic mass is 35.5. The molecule has 0 aliphatic rings. The van der Waals surface area contributed by atoms with Crippen molar-refractivity contribution < 1.29 is 4.42 Å². The van der Waals surface area contributed by atoms with E-state index < -0.39 is 0 Å². The molecule has 5 heteroatoms. The number of nitrogens with zero attached hydrogens (tertiary/aromatic N) is 1. The largest absolute Gasteiger partial charge is 0.457 e. The SMILES string of the molecule is CCCNC(c1cscn1)c1cc2cccc(Cl)c2o1. The molecule has 1 unspecified atom stereocenters. The van der Waals surface area contributed by atoms with E-state index in [9.17, 15) is 0 Å². The Balaban J connectivity index is 2.02. The molecule has 2 aromatic heterocycles. The average molecular weight is 307 g/mol. The molecule has 0 fully saturated rings. The van der Waals surface area contributed by atoms with Crippen LogP contribution in [0.15, 0.2) is 39.6 Å². The number of para-hydroxylation sites is 1. The third kappa shape index (κ3) is 2.59. The summed E-state index contributed by atoms with van der Waals surface area (Å²) in [6.07, 6.45) is 1.06. The first kappa shape index (κ1) is 13.6. The molecule has 1 atom stereocenters. The van der Waals surface area contributed by atoms with Gasteiger partial charge in [0.05, 0.1) is 16.2 Å². The number of furan rings is 1. The molecule has 2 heterocycles. The van der Waals surface area contributed by atoms with Crippen LogP contribution in [0.2, 0.25) is 5.02 Å². The summed E-state index contributed by atoms with van der Waals surface area (Å²) in [5.41, 5.74) is 3.56. The van der Waals surface area contributed by atoms with Crippen molar-refractivity contribution in [3.8, 4) is 0 Å². The number of rotatable bonds is 5. The lowest BCUT2D eigenvalue weighted by Gasteiger charge is -2.13. The Morgan fingerprint density at radius 2 is 2.35 bits per heavy atom. The van der Waals surface area contributed by atoms with Gasteiger partial charge in [-0.15, -0.1) is 11.3 Å². The molecule has 0 aliphatic carbocycles. The van der Waals surface area contributed by atoms with Crippen molar-refractivity contribution in [3.05, 3.63) is 51.6 Å². The van der Waals surface area contributed by atoms with E-state index in [2.05, 4.69) is 17.2 Å². The van der Waals surface area contributed by atoms with Gasteiger partial charge in [0.15, 0.2) is 5.58 Å². The Labute approximate surface area is 126 Å². The smallest absolute Gasteiger partial charge is 0.152 e. The summed E-state index contributed by atoms with van der Waals surface area (Å²) in [7, 11) is 0. The molecule has 1 N–H and O–H groups in total. The summed E-state index contributed by atoms with van der Waals surface area (Å²) in [6, 6.07) is 7.79. The maximum atomic E-state index is 6.18. The molecule has 3 aromatic rings. The van der Waals surface area contributed by atoms with Crippen LogP contribution in [0.1, 0.15) is 30.8 Å². The molecular formula is C15H15ClN2OS. The van der Waals surface area contributed by atoms with E-state index >= 15 is 0 Å². The highest BCUT2D eigenvalue weighted by Crippen LogP contribution is 2.31. The van der Waals surface area contributed by atoms with Crippen molar-refractivity contribution in [1.29, 1.82) is 0 Å². The normalized spacial score (nSPS) is 12.9. The first-order chi connectivity index (χ1) is 9.79. The molecule has 1 aromatic carbocycles. The molecule has 0 aliphatic heterocycles. The van der Waals surface area contributed by atoms with E-state index in [0.29, 0.717) is 5.02 Å². The monoisotopic (exact) mass is 306 g/mol. The van der Waals surface area contributed by atoms with Crippen LogP contribution in [-0.2, 0) is 0 Å². The molecule has 0 amide bonds. The fraction of sp³-hybridized carbons (Fsp3) is 0.267. The van der Waals surface area contributed by atoms with Gasteiger partial charge in [-0.3, -0.25) is 0 Å². The molecule has 0 saturated heterocycles. The second kappa shape index (κ2) is 5.95. The molecule has 0 spiro atoms. The number of benzene rings is 1. The van der Waals surface area contributed by atoms with Crippen molar-refractivity contribution >= 4 is 33.9 Å². The standard InChI is InChI=1S/C15H15ClN2OS/c1-2-6-17-14(12-8-20-9-18-12)13-7-10-4-3-5-11(16)15(10)19-13/h3-5,7-9,14,17H,2,6H2,1H3. The summed E-state index contributed by atoms with van der Waals surface area (Å²) in [5.74, 6) is 0.854. The van der Waals surface area contributed by atoms with Gasteiger partial charge < -0.3 is 9.73 Å². The van der Waals surface area contributed by atoms with Crippen molar-refractivity contribution in [2.24, 2.45) is 0 Å². The zero-order valence-electron chi connectivity index (χ0n) is 11.1. The van der Waals surface area contributed by atoms with Crippen LogP contribution in [0.5, 0.6) is 0 Å². The minimum Gasteiger partial charge on any atom is -0.457 e. The van der Waals surface area contributed by atoms with Gasteiger partial charge in [-0.25, -0.2) is 4.98 Å². The Bertz CT molecular complexity index is 693. The van der Waals surface area contributed by atoms with E-state index in [4.69, 9.17) is 16.0 Å². The molecule has 0 bridgehead atoms. The summed E-state index contributed by atoms with van der Waals surface area (Å²) in [6.45, 7) is 3.05. The van der Waals surface area contributed by atoms with Crippen LogP contribution >= 0.6 is 22.9 Å². The van der Waals surface area contributed by atoms with E-state index in [1.807, 2.05) is 35.2 Å². The van der Waals surface area contributed by atoms with Crippen LogP contribution in [0.3, 0.4) is 0 Å². The number of thiazole rings is 1. The van der Waals surface area contributed by atoms with Crippen molar-refractivity contribution in [3.63, 3.8) is 0 Å². The molecule has 3 rings (SSSR count). The van der Waals surface area contributed by atoms with E-state index in [-0.39, 0.29) is 6.04 Å². The number of fused-ring (bicyclic) bond motifs is 1. The fourth-order valence-corrected chi connectivity index (χ4v) is 2.99. The maximum Gasteiger partial charge on any atom is 0.152 e. The van der Waals surface area contributed by atoms with Crippen LogP contribution < -0.4 is 5.32 Å². The highest BCUT2D eigenvalue weighted by molar-refractivity contribution is 7.07. The van der Waals surface area contributed by atoms with Gasteiger partial charge in [-0.05, 0) is 25.1 Å². The quantitative estimate of drug-likeness (QED) is 0.746. The second-order valence-electron chi connectivity index (χ2n) is 4.61. The van der Waals surface area contributed by atoms with Crippen LogP contribution in [-0.4, -0.2) is 11.5 Å². The summed E-state index contributed by atoms with van der Waals surface area (Å²) in [4.78, 5) is 4.40. The molecule has 3 nitrogen and oxygen atoms in total. The Kier molecular flexibility index (Phi) is 4.05. The van der Waals surface area contributed by atoms with Crippen LogP contribution in [0, 0.1) is 0 Å². The van der Waals surface area contributed by atoms with Crippen molar-refractivity contribution in [1.82, 2.24) is 10.3 Å². The van der Waals surface area contributed by atoms with E-state index in [1.54, 1.807) is 11.3 Å². The summed E-state index contributed by atoms with van der Waals surface area (Å²) in [5, 5.41) is 7.18. The first-order valence-corrected chi connectivity index (χ1v) is 7.91. The molecule has 0 saturated carbocycles. The predicted molar refractivity (Wildman–Crippen MR) is 83.5 cm³/mol. The van der Waals surface area contributed by atoms with Gasteiger partial charge in [-0.1, -0.05) is 30.7 Å². The lowest BCUT2D eigenvalue weighted by atomic mass is 10.1. The number of aromatic nitrogens is 1. The molecule has 0 radical (unpaired) electrons. The minimum absolute atomic E-state index is 0.0235. The van der Waals surface area contributed by atoms with Crippen LogP contribution in [0.4, 0.5) is 0 Å². The Morgan fingerprint density at radius 3 is 3.05 bits per heavy atom. The number of hydrogen-bond acceptors (Lipinski definition) is 4. The van der Waals surface area contributed by atoms with E-state index in [0.717, 1.165) is 35.4 Å². The summed E-state index contributed by atoms with van der Waals surface area (Å²) < 4.78 is 5.95. The first-order valence-electron chi connectivity index (χ1n) is 6.59. The van der Waals surface area contributed by atoms with Gasteiger partial charge in [0.1, 0.15) is 11.8 Å². The molecule has 20 heavy (non-hydrogen) atoms. The molecular weight excluding hydrogens is 292 g/mol. The maximum absolute atomic E-state index is 6.18. The van der Waals surface area contributed by atoms with Crippen molar-refractivity contribution in [2.45, 2.75) is 19.4 Å². The lowest BCUT2D eigenvalue weighted by molar-refractivity contribution is 0.465. The number of hydrogen-bond donors (Lipinski definition) is 1. The zero-order valence-corrected chi connectivity index (χ0v) is 12.7. The fourth-order valence-electron chi connectivity index (χ4n) is 2.19. The number of halogens is 1. The van der Waals surface area contributed by atoms with Gasteiger partial charge in [-0.2, -0.15) is 0 Å². The van der Waals surface area contributed by atoms with Gasteiger partial charge in [0.25, 0.3) is 0 Å².